The van der Waals surface area contributed by atoms with Crippen molar-refractivity contribution in [2.24, 2.45) is 0 Å². The zero-order chi connectivity index (χ0) is 13.9. The molecule has 110 valence electrons. The molecule has 1 aromatic carbocycles. The molecular formula is C16H25N3O. The average Bonchev–Trinajstić information content (AvgIpc) is 2.94. The third-order valence-electron chi connectivity index (χ3n) is 4.41. The van der Waals surface area contributed by atoms with E-state index in [-0.39, 0.29) is 0 Å². The third kappa shape index (κ3) is 2.70. The van der Waals surface area contributed by atoms with Crippen molar-refractivity contribution in [2.45, 2.75) is 32.2 Å². The fraction of sp³-hybridized carbons (Fsp3) is 0.625. The fourth-order valence-electron chi connectivity index (χ4n) is 3.28. The molecule has 3 rings (SSSR count). The van der Waals surface area contributed by atoms with E-state index in [0.717, 1.165) is 43.6 Å². The highest BCUT2D eigenvalue weighted by atomic mass is 16.5. The quantitative estimate of drug-likeness (QED) is 0.856. The van der Waals surface area contributed by atoms with Crippen LogP contribution in [-0.4, -0.2) is 43.7 Å². The molecule has 2 heterocycles. The molecule has 2 N–H and O–H groups in total. The van der Waals surface area contributed by atoms with Crippen LogP contribution in [0.1, 0.15) is 26.2 Å². The van der Waals surface area contributed by atoms with Crippen molar-refractivity contribution < 1.29 is 4.74 Å². The monoisotopic (exact) mass is 275 g/mol. The van der Waals surface area contributed by atoms with E-state index in [4.69, 9.17) is 10.5 Å². The number of anilines is 2. The standard InChI is InChI=1S/C16H25N3O/c1-2-10-20-16-11-13(5-6-15(16)17)19-9-8-18-7-3-4-14(18)12-19/h5-6,11,14H,2-4,7-10,12,17H2,1H3. The predicted molar refractivity (Wildman–Crippen MR) is 83.4 cm³/mol. The first-order chi connectivity index (χ1) is 9.78. The van der Waals surface area contributed by atoms with Gasteiger partial charge >= 0.3 is 0 Å². The van der Waals surface area contributed by atoms with Gasteiger partial charge < -0.3 is 15.4 Å². The number of nitrogens with zero attached hydrogens (tertiary/aromatic N) is 2. The zero-order valence-corrected chi connectivity index (χ0v) is 12.3. The van der Waals surface area contributed by atoms with E-state index in [9.17, 15) is 0 Å². The van der Waals surface area contributed by atoms with Crippen molar-refractivity contribution in [1.29, 1.82) is 0 Å². The van der Waals surface area contributed by atoms with E-state index < -0.39 is 0 Å². The van der Waals surface area contributed by atoms with Gasteiger partial charge in [-0.2, -0.15) is 0 Å². The molecule has 2 fully saturated rings. The minimum absolute atomic E-state index is 0.726. The normalized spacial score (nSPS) is 22.9. The molecule has 4 nitrogen and oxygen atoms in total. The molecule has 1 atom stereocenters. The number of rotatable bonds is 4. The molecule has 0 bridgehead atoms. The van der Waals surface area contributed by atoms with Crippen molar-refractivity contribution in [2.75, 3.05) is 43.4 Å². The maximum absolute atomic E-state index is 5.99. The summed E-state index contributed by atoms with van der Waals surface area (Å²) >= 11 is 0. The molecule has 2 saturated heterocycles. The lowest BCUT2D eigenvalue weighted by Gasteiger charge is -2.39. The van der Waals surface area contributed by atoms with Gasteiger partial charge in [-0.15, -0.1) is 0 Å². The van der Waals surface area contributed by atoms with Crippen LogP contribution in [0.4, 0.5) is 11.4 Å². The number of nitrogens with two attached hydrogens (primary N) is 1. The lowest BCUT2D eigenvalue weighted by Crippen LogP contribution is -2.50. The van der Waals surface area contributed by atoms with Crippen molar-refractivity contribution in [1.82, 2.24) is 4.90 Å². The second-order valence-electron chi connectivity index (χ2n) is 5.85. The number of hydrogen-bond donors (Lipinski definition) is 1. The number of nitrogen functional groups attached to an aromatic ring is 1. The molecule has 4 heteroatoms. The van der Waals surface area contributed by atoms with Gasteiger partial charge in [-0.05, 0) is 37.9 Å². The largest absolute Gasteiger partial charge is 0.491 e. The van der Waals surface area contributed by atoms with Crippen LogP contribution >= 0.6 is 0 Å². The Kier molecular flexibility index (Phi) is 4.01. The minimum atomic E-state index is 0.726. The Labute approximate surface area is 121 Å². The van der Waals surface area contributed by atoms with Gasteiger partial charge in [0.25, 0.3) is 0 Å². The number of ether oxygens (including phenoxy) is 1. The summed E-state index contributed by atoms with van der Waals surface area (Å²) in [6.07, 6.45) is 3.69. The number of fused-ring (bicyclic) bond motifs is 1. The Balaban J connectivity index is 1.73. The molecule has 0 saturated carbocycles. The van der Waals surface area contributed by atoms with E-state index in [0.29, 0.717) is 0 Å². The summed E-state index contributed by atoms with van der Waals surface area (Å²) in [6, 6.07) is 6.94. The van der Waals surface area contributed by atoms with Crippen LogP contribution in [0.15, 0.2) is 18.2 Å². The van der Waals surface area contributed by atoms with Crippen LogP contribution < -0.4 is 15.4 Å². The molecule has 2 aliphatic heterocycles. The summed E-state index contributed by atoms with van der Waals surface area (Å²) in [4.78, 5) is 5.10. The van der Waals surface area contributed by atoms with Gasteiger partial charge in [0.05, 0.1) is 12.3 Å². The first kappa shape index (κ1) is 13.6. The van der Waals surface area contributed by atoms with Gasteiger partial charge in [0.2, 0.25) is 0 Å². The molecule has 0 aliphatic carbocycles. The van der Waals surface area contributed by atoms with Gasteiger partial charge in [0, 0.05) is 37.4 Å². The third-order valence-corrected chi connectivity index (χ3v) is 4.41. The molecule has 1 aromatic rings. The van der Waals surface area contributed by atoms with Gasteiger partial charge in [-0.25, -0.2) is 0 Å². The maximum Gasteiger partial charge on any atom is 0.144 e. The average molecular weight is 275 g/mol. The van der Waals surface area contributed by atoms with Crippen molar-refractivity contribution in [3.05, 3.63) is 18.2 Å². The molecular weight excluding hydrogens is 250 g/mol. The Bertz CT molecular complexity index is 463. The van der Waals surface area contributed by atoms with E-state index in [1.165, 1.54) is 31.6 Å². The van der Waals surface area contributed by atoms with Gasteiger partial charge in [0.15, 0.2) is 0 Å². The highest BCUT2D eigenvalue weighted by Crippen LogP contribution is 2.31. The second-order valence-corrected chi connectivity index (χ2v) is 5.85. The molecule has 0 radical (unpaired) electrons. The molecule has 20 heavy (non-hydrogen) atoms. The lowest BCUT2D eigenvalue weighted by molar-refractivity contribution is 0.231. The molecule has 0 amide bonds. The first-order valence-electron chi connectivity index (χ1n) is 7.79. The van der Waals surface area contributed by atoms with E-state index in [2.05, 4.69) is 28.9 Å². The highest BCUT2D eigenvalue weighted by Gasteiger charge is 2.30. The molecule has 2 aliphatic rings. The fourth-order valence-corrected chi connectivity index (χ4v) is 3.28. The van der Waals surface area contributed by atoms with Crippen LogP contribution in [0.3, 0.4) is 0 Å². The summed E-state index contributed by atoms with van der Waals surface area (Å²) in [5, 5.41) is 0. The van der Waals surface area contributed by atoms with Gasteiger partial charge in [-0.1, -0.05) is 6.92 Å². The molecule has 0 aromatic heterocycles. The van der Waals surface area contributed by atoms with Crippen LogP contribution in [-0.2, 0) is 0 Å². The summed E-state index contributed by atoms with van der Waals surface area (Å²) in [5.41, 5.74) is 7.98. The maximum atomic E-state index is 5.99. The topological polar surface area (TPSA) is 41.7 Å². The van der Waals surface area contributed by atoms with E-state index in [1.54, 1.807) is 0 Å². The van der Waals surface area contributed by atoms with Crippen molar-refractivity contribution >= 4 is 11.4 Å². The Morgan fingerprint density at radius 1 is 1.30 bits per heavy atom. The van der Waals surface area contributed by atoms with Crippen LogP contribution in [0.5, 0.6) is 5.75 Å². The van der Waals surface area contributed by atoms with Crippen molar-refractivity contribution in [3.8, 4) is 5.75 Å². The highest BCUT2D eigenvalue weighted by molar-refractivity contribution is 5.62. The van der Waals surface area contributed by atoms with Crippen molar-refractivity contribution in [3.63, 3.8) is 0 Å². The van der Waals surface area contributed by atoms with Crippen LogP contribution in [0.25, 0.3) is 0 Å². The van der Waals surface area contributed by atoms with Crippen LogP contribution in [0, 0.1) is 0 Å². The second kappa shape index (κ2) is 5.92. The Morgan fingerprint density at radius 2 is 2.20 bits per heavy atom. The van der Waals surface area contributed by atoms with Gasteiger partial charge in [0.1, 0.15) is 5.75 Å². The molecule has 0 spiro atoms. The summed E-state index contributed by atoms with van der Waals surface area (Å²) < 4.78 is 5.74. The van der Waals surface area contributed by atoms with E-state index >= 15 is 0 Å². The summed E-state index contributed by atoms with van der Waals surface area (Å²) in [7, 11) is 0. The first-order valence-corrected chi connectivity index (χ1v) is 7.79. The number of hydrogen-bond acceptors (Lipinski definition) is 4. The molecule has 1 unspecified atom stereocenters. The summed E-state index contributed by atoms with van der Waals surface area (Å²) in [5.74, 6) is 0.832. The minimum Gasteiger partial charge on any atom is -0.491 e. The Morgan fingerprint density at radius 3 is 3.05 bits per heavy atom. The van der Waals surface area contributed by atoms with Crippen LogP contribution in [0.2, 0.25) is 0 Å². The zero-order valence-electron chi connectivity index (χ0n) is 12.3. The number of piperazine rings is 1. The SMILES string of the molecule is CCCOc1cc(N2CCN3CCCC3C2)ccc1N. The van der Waals surface area contributed by atoms with Gasteiger partial charge in [-0.3, -0.25) is 4.90 Å². The summed E-state index contributed by atoms with van der Waals surface area (Å²) in [6.45, 7) is 7.54. The van der Waals surface area contributed by atoms with E-state index in [1.807, 2.05) is 6.07 Å². The number of benzene rings is 1. The smallest absolute Gasteiger partial charge is 0.144 e. The lowest BCUT2D eigenvalue weighted by atomic mass is 10.1. The Hall–Kier alpha value is -1.42. The predicted octanol–water partition coefficient (Wildman–Crippen LogP) is 2.34.